The van der Waals surface area contributed by atoms with Gasteiger partial charge in [0.1, 0.15) is 23.9 Å². The first-order chi connectivity index (χ1) is 11.6. The standard InChI is InChI=1S/C16H11ClFNO4S/c17-12-6-10(18)3-4-13(12)21-9-16(20)22-8-11-7-14(23-19-11)15-2-1-5-24-15/h1-7H,8-9H2. The van der Waals surface area contributed by atoms with Crippen molar-refractivity contribution in [2.75, 3.05) is 6.61 Å². The lowest BCUT2D eigenvalue weighted by molar-refractivity contribution is -0.147. The molecule has 5 nitrogen and oxygen atoms in total. The number of ether oxygens (including phenoxy) is 2. The molecule has 3 aromatic rings. The minimum Gasteiger partial charge on any atom is -0.480 e. The fourth-order valence-corrected chi connectivity index (χ4v) is 2.73. The summed E-state index contributed by atoms with van der Waals surface area (Å²) in [6, 6.07) is 9.14. The zero-order chi connectivity index (χ0) is 16.9. The number of carbonyl (C=O) groups is 1. The van der Waals surface area contributed by atoms with Gasteiger partial charge in [-0.2, -0.15) is 0 Å². The molecule has 0 saturated heterocycles. The Kier molecular flexibility index (Phi) is 5.12. The number of carbonyl (C=O) groups excluding carboxylic acids is 1. The molecule has 0 aliphatic rings. The molecule has 0 saturated carbocycles. The van der Waals surface area contributed by atoms with Gasteiger partial charge in [-0.1, -0.05) is 22.8 Å². The number of hydrogen-bond donors (Lipinski definition) is 0. The van der Waals surface area contributed by atoms with E-state index < -0.39 is 11.8 Å². The fraction of sp³-hybridized carbons (Fsp3) is 0.125. The van der Waals surface area contributed by atoms with Crippen LogP contribution in [0.2, 0.25) is 5.02 Å². The highest BCUT2D eigenvalue weighted by Gasteiger charge is 2.11. The van der Waals surface area contributed by atoms with Crippen molar-refractivity contribution in [2.24, 2.45) is 0 Å². The second-order valence-electron chi connectivity index (χ2n) is 4.68. The summed E-state index contributed by atoms with van der Waals surface area (Å²) >= 11 is 7.32. The molecule has 2 aromatic heterocycles. The van der Waals surface area contributed by atoms with Crippen LogP contribution in [0.1, 0.15) is 5.69 Å². The molecule has 1 aromatic carbocycles. The highest BCUT2D eigenvalue weighted by Crippen LogP contribution is 2.26. The average Bonchev–Trinajstić information content (AvgIpc) is 3.23. The van der Waals surface area contributed by atoms with Crippen LogP contribution in [0.25, 0.3) is 10.6 Å². The molecular weight excluding hydrogens is 357 g/mol. The number of benzene rings is 1. The topological polar surface area (TPSA) is 61.6 Å². The van der Waals surface area contributed by atoms with E-state index in [0.29, 0.717) is 11.5 Å². The Morgan fingerprint density at radius 2 is 2.21 bits per heavy atom. The number of hydrogen-bond acceptors (Lipinski definition) is 6. The molecule has 0 unspecified atom stereocenters. The van der Waals surface area contributed by atoms with Crippen LogP contribution in [0.4, 0.5) is 4.39 Å². The minimum absolute atomic E-state index is 0.0335. The molecule has 8 heteroatoms. The van der Waals surface area contributed by atoms with Crippen molar-refractivity contribution in [3.8, 4) is 16.4 Å². The van der Waals surface area contributed by atoms with Crippen molar-refractivity contribution < 1.29 is 23.2 Å². The molecule has 0 N–H and O–H groups in total. The summed E-state index contributed by atoms with van der Waals surface area (Å²) in [4.78, 5) is 12.6. The Morgan fingerprint density at radius 3 is 2.96 bits per heavy atom. The Balaban J connectivity index is 1.49. The molecule has 0 aliphatic heterocycles. The normalized spacial score (nSPS) is 10.6. The van der Waals surface area contributed by atoms with Crippen LogP contribution in [0.5, 0.6) is 5.75 Å². The van der Waals surface area contributed by atoms with E-state index in [1.54, 1.807) is 6.07 Å². The summed E-state index contributed by atoms with van der Waals surface area (Å²) in [7, 11) is 0. The number of thiophene rings is 1. The smallest absolute Gasteiger partial charge is 0.344 e. The van der Waals surface area contributed by atoms with E-state index in [1.165, 1.54) is 23.5 Å². The summed E-state index contributed by atoms with van der Waals surface area (Å²) in [6.07, 6.45) is 0. The van der Waals surface area contributed by atoms with Gasteiger partial charge >= 0.3 is 5.97 Å². The Bertz CT molecular complexity index is 834. The molecule has 3 rings (SSSR count). The third-order valence-corrected chi connectivity index (χ3v) is 4.12. The predicted molar refractivity (Wildman–Crippen MR) is 86.5 cm³/mol. The van der Waals surface area contributed by atoms with Crippen LogP contribution >= 0.6 is 22.9 Å². The predicted octanol–water partition coefficient (Wildman–Crippen LogP) is 4.32. The lowest BCUT2D eigenvalue weighted by Crippen LogP contribution is -2.15. The Labute approximate surface area is 145 Å². The molecule has 0 aliphatic carbocycles. The molecule has 124 valence electrons. The van der Waals surface area contributed by atoms with E-state index in [4.69, 9.17) is 25.6 Å². The van der Waals surface area contributed by atoms with Gasteiger partial charge in [0.25, 0.3) is 0 Å². The molecular formula is C16H11ClFNO4S. The molecule has 2 heterocycles. The number of aromatic nitrogens is 1. The van der Waals surface area contributed by atoms with Crippen LogP contribution in [-0.2, 0) is 16.1 Å². The van der Waals surface area contributed by atoms with Crippen molar-refractivity contribution in [1.29, 1.82) is 0 Å². The maximum atomic E-state index is 12.9. The second kappa shape index (κ2) is 7.46. The molecule has 0 atom stereocenters. The van der Waals surface area contributed by atoms with E-state index in [9.17, 15) is 9.18 Å². The van der Waals surface area contributed by atoms with Gasteiger partial charge < -0.3 is 14.0 Å². The first kappa shape index (κ1) is 16.5. The summed E-state index contributed by atoms with van der Waals surface area (Å²) in [5, 5.41) is 5.85. The Hall–Kier alpha value is -2.38. The largest absolute Gasteiger partial charge is 0.480 e. The molecule has 0 radical (unpaired) electrons. The van der Waals surface area contributed by atoms with E-state index in [-0.39, 0.29) is 24.0 Å². The van der Waals surface area contributed by atoms with Crippen LogP contribution in [0.3, 0.4) is 0 Å². The van der Waals surface area contributed by atoms with Gasteiger partial charge in [-0.25, -0.2) is 9.18 Å². The average molecular weight is 368 g/mol. The van der Waals surface area contributed by atoms with Gasteiger partial charge in [-0.3, -0.25) is 0 Å². The molecule has 0 fully saturated rings. The van der Waals surface area contributed by atoms with E-state index in [2.05, 4.69) is 5.16 Å². The molecule has 24 heavy (non-hydrogen) atoms. The van der Waals surface area contributed by atoms with Crippen molar-refractivity contribution in [3.63, 3.8) is 0 Å². The van der Waals surface area contributed by atoms with Gasteiger partial charge in [0, 0.05) is 6.07 Å². The summed E-state index contributed by atoms with van der Waals surface area (Å²) in [6.45, 7) is -0.380. The number of rotatable bonds is 6. The van der Waals surface area contributed by atoms with Crippen LogP contribution in [0, 0.1) is 5.82 Å². The highest BCUT2D eigenvalue weighted by atomic mass is 35.5. The third-order valence-electron chi connectivity index (χ3n) is 2.94. The highest BCUT2D eigenvalue weighted by molar-refractivity contribution is 7.13. The monoisotopic (exact) mass is 367 g/mol. The van der Waals surface area contributed by atoms with E-state index in [1.807, 2.05) is 17.5 Å². The summed E-state index contributed by atoms with van der Waals surface area (Å²) in [5.74, 6) is -0.264. The van der Waals surface area contributed by atoms with Crippen molar-refractivity contribution in [2.45, 2.75) is 6.61 Å². The first-order valence-corrected chi connectivity index (χ1v) is 8.10. The van der Waals surface area contributed by atoms with E-state index >= 15 is 0 Å². The number of halogens is 2. The van der Waals surface area contributed by atoms with Crippen LogP contribution in [-0.4, -0.2) is 17.7 Å². The van der Waals surface area contributed by atoms with Crippen LogP contribution < -0.4 is 4.74 Å². The molecule has 0 amide bonds. The summed E-state index contributed by atoms with van der Waals surface area (Å²) in [5.41, 5.74) is 0.492. The van der Waals surface area contributed by atoms with Crippen LogP contribution in [0.15, 0.2) is 46.3 Å². The third kappa shape index (κ3) is 4.12. The van der Waals surface area contributed by atoms with Gasteiger partial charge in [-0.15, -0.1) is 11.3 Å². The van der Waals surface area contributed by atoms with Gasteiger partial charge in [0.2, 0.25) is 0 Å². The van der Waals surface area contributed by atoms with Crippen molar-refractivity contribution >= 4 is 28.9 Å². The minimum atomic E-state index is -0.601. The maximum absolute atomic E-state index is 12.9. The lowest BCUT2D eigenvalue weighted by atomic mass is 10.3. The molecule has 0 bridgehead atoms. The van der Waals surface area contributed by atoms with Gasteiger partial charge in [0.05, 0.1) is 9.90 Å². The zero-order valence-corrected chi connectivity index (χ0v) is 13.8. The van der Waals surface area contributed by atoms with E-state index in [0.717, 1.165) is 10.9 Å². The van der Waals surface area contributed by atoms with Gasteiger partial charge in [0.15, 0.2) is 12.4 Å². The van der Waals surface area contributed by atoms with Crippen molar-refractivity contribution in [3.05, 3.63) is 58.3 Å². The number of nitrogens with zero attached hydrogens (tertiary/aromatic N) is 1. The van der Waals surface area contributed by atoms with Crippen molar-refractivity contribution in [1.82, 2.24) is 5.16 Å². The maximum Gasteiger partial charge on any atom is 0.344 e. The first-order valence-electron chi connectivity index (χ1n) is 6.85. The zero-order valence-electron chi connectivity index (χ0n) is 12.2. The summed E-state index contributed by atoms with van der Waals surface area (Å²) < 4.78 is 28.3. The van der Waals surface area contributed by atoms with Gasteiger partial charge in [-0.05, 0) is 29.6 Å². The number of esters is 1. The quantitative estimate of drug-likeness (QED) is 0.607. The lowest BCUT2D eigenvalue weighted by Gasteiger charge is -2.07. The second-order valence-corrected chi connectivity index (χ2v) is 6.04. The SMILES string of the molecule is O=C(COc1ccc(F)cc1Cl)OCc1cc(-c2cccs2)on1. The fourth-order valence-electron chi connectivity index (χ4n) is 1.84. The Morgan fingerprint density at radius 1 is 1.33 bits per heavy atom. The molecule has 0 spiro atoms.